The molecular formula is C13H11ClN2O. The first-order chi connectivity index (χ1) is 8.29. The summed E-state index contributed by atoms with van der Waals surface area (Å²) in [6.07, 6.45) is 1.63. The van der Waals surface area contributed by atoms with E-state index in [2.05, 4.69) is 17.1 Å². The van der Waals surface area contributed by atoms with Gasteiger partial charge in [-0.15, -0.1) is 0 Å². The van der Waals surface area contributed by atoms with Gasteiger partial charge in [0.1, 0.15) is 11.5 Å². The molecule has 1 atom stereocenters. The molecule has 0 spiro atoms. The summed E-state index contributed by atoms with van der Waals surface area (Å²) in [6.45, 7) is 0.785. The highest BCUT2D eigenvalue weighted by Crippen LogP contribution is 2.31. The van der Waals surface area contributed by atoms with Gasteiger partial charge in [-0.1, -0.05) is 41.9 Å². The van der Waals surface area contributed by atoms with Crippen LogP contribution in [0.4, 0.5) is 0 Å². The van der Waals surface area contributed by atoms with Gasteiger partial charge in [0.05, 0.1) is 0 Å². The van der Waals surface area contributed by atoms with Gasteiger partial charge in [-0.2, -0.15) is 0 Å². The van der Waals surface area contributed by atoms with Crippen molar-refractivity contribution in [1.29, 1.82) is 0 Å². The minimum atomic E-state index is 0.321. The standard InChI is InChI=1S/C13H11ClN2O/c14-13-11(8-17)16-7-10(6-12(16)15-13)9-4-2-1-3-5-9/h1-5,8,10H,6-7H2. The summed E-state index contributed by atoms with van der Waals surface area (Å²) >= 11 is 5.89. The van der Waals surface area contributed by atoms with Crippen molar-refractivity contribution >= 4 is 17.9 Å². The van der Waals surface area contributed by atoms with Crippen molar-refractivity contribution in [2.75, 3.05) is 0 Å². The number of benzene rings is 1. The van der Waals surface area contributed by atoms with Crippen LogP contribution in [0.2, 0.25) is 5.15 Å². The maximum Gasteiger partial charge on any atom is 0.169 e. The molecule has 0 saturated heterocycles. The fourth-order valence-electron chi connectivity index (χ4n) is 2.41. The average Bonchev–Trinajstić information content (AvgIpc) is 2.86. The van der Waals surface area contributed by atoms with Crippen molar-refractivity contribution in [3.8, 4) is 0 Å². The summed E-state index contributed by atoms with van der Waals surface area (Å²) < 4.78 is 1.92. The Morgan fingerprint density at radius 3 is 2.82 bits per heavy atom. The minimum Gasteiger partial charge on any atom is -0.324 e. The number of hydrogen-bond acceptors (Lipinski definition) is 2. The Morgan fingerprint density at radius 1 is 1.35 bits per heavy atom. The molecule has 1 aromatic heterocycles. The van der Waals surface area contributed by atoms with Crippen LogP contribution in [0.15, 0.2) is 30.3 Å². The fraction of sp³-hybridized carbons (Fsp3) is 0.231. The fourth-order valence-corrected chi connectivity index (χ4v) is 2.65. The molecule has 1 aliphatic rings. The van der Waals surface area contributed by atoms with E-state index in [1.165, 1.54) is 5.56 Å². The number of rotatable bonds is 2. The van der Waals surface area contributed by atoms with Gasteiger partial charge in [0.15, 0.2) is 11.4 Å². The molecule has 4 heteroatoms. The Hall–Kier alpha value is -1.61. The molecular weight excluding hydrogens is 236 g/mol. The highest BCUT2D eigenvalue weighted by atomic mass is 35.5. The van der Waals surface area contributed by atoms with Crippen LogP contribution < -0.4 is 0 Å². The van der Waals surface area contributed by atoms with E-state index in [4.69, 9.17) is 11.6 Å². The molecule has 1 aliphatic heterocycles. The largest absolute Gasteiger partial charge is 0.324 e. The SMILES string of the molecule is O=Cc1c(Cl)nc2n1CC(c1ccccc1)C2. The number of imidazole rings is 1. The molecule has 86 valence electrons. The van der Waals surface area contributed by atoms with Gasteiger partial charge < -0.3 is 4.57 Å². The second-order valence-corrected chi connectivity index (χ2v) is 4.60. The van der Waals surface area contributed by atoms with Crippen LogP contribution in [-0.4, -0.2) is 15.8 Å². The molecule has 0 fully saturated rings. The smallest absolute Gasteiger partial charge is 0.169 e. The van der Waals surface area contributed by atoms with Gasteiger partial charge in [0.2, 0.25) is 0 Å². The zero-order chi connectivity index (χ0) is 11.8. The number of fused-ring (bicyclic) bond motifs is 1. The summed E-state index contributed by atoms with van der Waals surface area (Å²) in [6, 6.07) is 10.3. The van der Waals surface area contributed by atoms with E-state index >= 15 is 0 Å². The third kappa shape index (κ3) is 1.67. The average molecular weight is 247 g/mol. The highest BCUT2D eigenvalue weighted by Gasteiger charge is 2.27. The van der Waals surface area contributed by atoms with Crippen molar-refractivity contribution in [2.24, 2.45) is 0 Å². The van der Waals surface area contributed by atoms with E-state index in [0.29, 0.717) is 16.8 Å². The number of hydrogen-bond donors (Lipinski definition) is 0. The zero-order valence-corrected chi connectivity index (χ0v) is 9.89. The Morgan fingerprint density at radius 2 is 2.12 bits per heavy atom. The van der Waals surface area contributed by atoms with Crippen LogP contribution in [0.25, 0.3) is 0 Å². The molecule has 2 heterocycles. The molecule has 0 bridgehead atoms. The van der Waals surface area contributed by atoms with E-state index in [0.717, 1.165) is 25.1 Å². The first kappa shape index (κ1) is 10.5. The lowest BCUT2D eigenvalue weighted by molar-refractivity contribution is 0.111. The maximum absolute atomic E-state index is 10.9. The van der Waals surface area contributed by atoms with Gasteiger partial charge in [-0.3, -0.25) is 4.79 Å². The maximum atomic E-state index is 10.9. The highest BCUT2D eigenvalue weighted by molar-refractivity contribution is 6.31. The first-order valence-corrected chi connectivity index (χ1v) is 5.92. The zero-order valence-electron chi connectivity index (χ0n) is 9.14. The second kappa shape index (κ2) is 4.00. The summed E-state index contributed by atoms with van der Waals surface area (Å²) in [5, 5.41) is 0.321. The van der Waals surface area contributed by atoms with Crippen LogP contribution in [0.1, 0.15) is 27.8 Å². The van der Waals surface area contributed by atoms with Gasteiger partial charge >= 0.3 is 0 Å². The van der Waals surface area contributed by atoms with Crippen molar-refractivity contribution in [1.82, 2.24) is 9.55 Å². The summed E-state index contributed by atoms with van der Waals surface area (Å²) in [5.74, 6) is 1.31. The van der Waals surface area contributed by atoms with Crippen LogP contribution >= 0.6 is 11.6 Å². The lowest BCUT2D eigenvalue weighted by Crippen LogP contribution is -2.03. The molecule has 3 nitrogen and oxygen atoms in total. The number of aromatic nitrogens is 2. The molecule has 1 unspecified atom stereocenters. The molecule has 0 N–H and O–H groups in total. The van der Waals surface area contributed by atoms with Gasteiger partial charge in [0, 0.05) is 18.9 Å². The third-order valence-electron chi connectivity index (χ3n) is 3.26. The molecule has 0 radical (unpaired) electrons. The van der Waals surface area contributed by atoms with Crippen LogP contribution in [-0.2, 0) is 13.0 Å². The Kier molecular flexibility index (Phi) is 2.48. The Balaban J connectivity index is 1.94. The van der Waals surface area contributed by atoms with Crippen LogP contribution in [0.5, 0.6) is 0 Å². The number of aldehydes is 1. The van der Waals surface area contributed by atoms with Crippen molar-refractivity contribution < 1.29 is 4.79 Å². The van der Waals surface area contributed by atoms with Gasteiger partial charge in [-0.05, 0) is 5.56 Å². The lowest BCUT2D eigenvalue weighted by Gasteiger charge is -2.09. The minimum absolute atomic E-state index is 0.321. The van der Waals surface area contributed by atoms with E-state index in [1.807, 2.05) is 22.8 Å². The number of halogens is 1. The van der Waals surface area contributed by atoms with Crippen molar-refractivity contribution in [2.45, 2.75) is 18.9 Å². The predicted octanol–water partition coefficient (Wildman–Crippen LogP) is 2.69. The molecule has 0 aliphatic carbocycles. The second-order valence-electron chi connectivity index (χ2n) is 4.24. The molecule has 3 rings (SSSR count). The first-order valence-electron chi connectivity index (χ1n) is 5.54. The van der Waals surface area contributed by atoms with E-state index in [1.54, 1.807) is 0 Å². The number of nitrogens with zero attached hydrogens (tertiary/aromatic N) is 2. The lowest BCUT2D eigenvalue weighted by atomic mass is 9.98. The summed E-state index contributed by atoms with van der Waals surface area (Å²) in [5.41, 5.74) is 1.78. The Bertz CT molecular complexity index is 562. The van der Waals surface area contributed by atoms with Crippen LogP contribution in [0, 0.1) is 0 Å². The summed E-state index contributed by atoms with van der Waals surface area (Å²) in [4.78, 5) is 15.2. The monoisotopic (exact) mass is 246 g/mol. The Labute approximate surface area is 104 Å². The summed E-state index contributed by atoms with van der Waals surface area (Å²) in [7, 11) is 0. The van der Waals surface area contributed by atoms with E-state index in [9.17, 15) is 4.79 Å². The molecule has 2 aromatic rings. The third-order valence-corrected chi connectivity index (χ3v) is 3.53. The van der Waals surface area contributed by atoms with Crippen molar-refractivity contribution in [3.05, 3.63) is 52.6 Å². The van der Waals surface area contributed by atoms with Gasteiger partial charge in [-0.25, -0.2) is 4.98 Å². The quantitative estimate of drug-likeness (QED) is 0.764. The molecule has 0 saturated carbocycles. The van der Waals surface area contributed by atoms with E-state index in [-0.39, 0.29) is 0 Å². The molecule has 17 heavy (non-hydrogen) atoms. The van der Waals surface area contributed by atoms with Crippen molar-refractivity contribution in [3.63, 3.8) is 0 Å². The van der Waals surface area contributed by atoms with Gasteiger partial charge in [0.25, 0.3) is 0 Å². The molecule has 1 aromatic carbocycles. The number of carbonyl (C=O) groups excluding carboxylic acids is 1. The normalized spacial score (nSPS) is 18.1. The molecule has 0 amide bonds. The van der Waals surface area contributed by atoms with E-state index < -0.39 is 0 Å². The predicted molar refractivity (Wildman–Crippen MR) is 65.5 cm³/mol. The topological polar surface area (TPSA) is 34.9 Å². The number of carbonyl (C=O) groups is 1. The van der Waals surface area contributed by atoms with Crippen LogP contribution in [0.3, 0.4) is 0 Å².